The molecule has 0 amide bonds. The maximum Gasteiger partial charge on any atom is 0.238 e. The fourth-order valence-electron chi connectivity index (χ4n) is 3.61. The highest BCUT2D eigenvalue weighted by Gasteiger charge is 2.41. The Labute approximate surface area is 186 Å². The molecule has 1 aromatic carbocycles. The van der Waals surface area contributed by atoms with Gasteiger partial charge in [0.15, 0.2) is 17.5 Å². The minimum Gasteiger partial charge on any atom is -0.392 e. The molecule has 2 aromatic heterocycles. The largest absolute Gasteiger partial charge is 0.392 e. The van der Waals surface area contributed by atoms with Gasteiger partial charge >= 0.3 is 0 Å². The van der Waals surface area contributed by atoms with Crippen molar-refractivity contribution < 1.29 is 31.1 Å². The Morgan fingerprint density at radius 2 is 1.70 bits per heavy atom. The number of anilines is 1. The van der Waals surface area contributed by atoms with Gasteiger partial charge in [0.2, 0.25) is 16.0 Å². The lowest BCUT2D eigenvalue weighted by Gasteiger charge is -2.29. The fourth-order valence-corrected chi connectivity index (χ4v) is 5.52. The van der Waals surface area contributed by atoms with Crippen LogP contribution in [0.1, 0.15) is 25.7 Å². The van der Waals surface area contributed by atoms with Crippen molar-refractivity contribution in [1.29, 1.82) is 0 Å². The predicted octanol–water partition coefficient (Wildman–Crippen LogP) is 2.47. The molecule has 1 saturated carbocycles. The molecule has 2 fully saturated rings. The summed E-state index contributed by atoms with van der Waals surface area (Å²) in [6, 6.07) is 1.95. The lowest BCUT2D eigenvalue weighted by molar-refractivity contribution is 0.108. The van der Waals surface area contributed by atoms with E-state index in [9.17, 15) is 31.1 Å². The first kappa shape index (κ1) is 23.4. The van der Waals surface area contributed by atoms with Gasteiger partial charge in [-0.05, 0) is 31.7 Å². The third kappa shape index (κ3) is 4.80. The number of aliphatic hydroxyl groups is 1. The number of aliphatic hydroxyl groups excluding tert-OH is 1. The summed E-state index contributed by atoms with van der Waals surface area (Å²) in [4.78, 5) is 3.61. The van der Waals surface area contributed by atoms with Crippen LogP contribution in [0, 0.1) is 23.3 Å². The molecule has 5 rings (SSSR count). The van der Waals surface area contributed by atoms with Crippen molar-refractivity contribution >= 4 is 21.5 Å². The van der Waals surface area contributed by atoms with Crippen molar-refractivity contribution in [3.8, 4) is 11.3 Å². The van der Waals surface area contributed by atoms with Crippen LogP contribution in [0.5, 0.6) is 0 Å². The third-order valence-electron chi connectivity index (χ3n) is 5.44. The van der Waals surface area contributed by atoms with E-state index >= 15 is 0 Å². The maximum absolute atomic E-state index is 13.7. The number of halogens is 4. The van der Waals surface area contributed by atoms with Crippen molar-refractivity contribution in [2.75, 3.05) is 18.8 Å². The fraction of sp³-hybridized carbons (Fsp3) is 0.400. The third-order valence-corrected chi connectivity index (χ3v) is 7.80. The Kier molecular flexibility index (Phi) is 6.29. The molecule has 0 bridgehead atoms. The van der Waals surface area contributed by atoms with Crippen LogP contribution in [0.25, 0.3) is 16.8 Å². The van der Waals surface area contributed by atoms with Crippen LogP contribution in [-0.2, 0) is 10.0 Å². The summed E-state index contributed by atoms with van der Waals surface area (Å²) in [6.07, 6.45) is 3.77. The molecule has 1 unspecified atom stereocenters. The van der Waals surface area contributed by atoms with Crippen LogP contribution in [-0.4, -0.2) is 56.9 Å². The summed E-state index contributed by atoms with van der Waals surface area (Å²) in [7, 11) is -3.05. The smallest absolute Gasteiger partial charge is 0.238 e. The molecule has 0 radical (unpaired) electrons. The second-order valence-corrected chi connectivity index (χ2v) is 10.1. The Balaban J connectivity index is 0.000000172. The number of nitrogen functional groups attached to an aromatic ring is 1. The van der Waals surface area contributed by atoms with E-state index in [-0.39, 0.29) is 28.0 Å². The van der Waals surface area contributed by atoms with E-state index in [0.29, 0.717) is 25.2 Å². The molecule has 1 aliphatic heterocycles. The summed E-state index contributed by atoms with van der Waals surface area (Å²) in [5.41, 5.74) is 4.89. The van der Waals surface area contributed by atoms with E-state index in [1.54, 1.807) is 0 Å². The number of sulfonamides is 1. The van der Waals surface area contributed by atoms with Crippen LogP contribution in [0.3, 0.4) is 0 Å². The van der Waals surface area contributed by atoms with E-state index in [4.69, 9.17) is 5.73 Å². The highest BCUT2D eigenvalue weighted by molar-refractivity contribution is 7.90. The molecule has 2 aliphatic rings. The SMILES string of the molecule is Nc1ncc2c(F)cc(-c3cc(F)c(F)cc3F)n2n1.O=S(=O)(C1CC1)N1CCCC(O)C1. The predicted molar refractivity (Wildman–Crippen MR) is 111 cm³/mol. The zero-order valence-electron chi connectivity index (χ0n) is 17.3. The Hall–Kier alpha value is -2.77. The minimum atomic E-state index is -3.05. The van der Waals surface area contributed by atoms with Crippen LogP contribution in [0.15, 0.2) is 24.4 Å². The van der Waals surface area contributed by atoms with Crippen molar-refractivity contribution in [2.24, 2.45) is 0 Å². The molecular weight excluding hydrogens is 466 g/mol. The highest BCUT2D eigenvalue weighted by atomic mass is 32.2. The number of hydrogen-bond acceptors (Lipinski definition) is 6. The van der Waals surface area contributed by atoms with E-state index in [0.717, 1.165) is 42.5 Å². The van der Waals surface area contributed by atoms with Gasteiger partial charge in [0.25, 0.3) is 0 Å². The molecule has 0 spiro atoms. The monoisotopic (exact) mass is 487 g/mol. The quantitative estimate of drug-likeness (QED) is 0.434. The van der Waals surface area contributed by atoms with Crippen molar-refractivity contribution in [2.45, 2.75) is 37.0 Å². The second kappa shape index (κ2) is 8.88. The maximum atomic E-state index is 13.7. The van der Waals surface area contributed by atoms with E-state index in [2.05, 4.69) is 10.1 Å². The molecular formula is C20H21F4N5O3S. The zero-order chi connectivity index (χ0) is 23.9. The van der Waals surface area contributed by atoms with Gasteiger partial charge in [-0.3, -0.25) is 0 Å². The minimum absolute atomic E-state index is 0.0571. The summed E-state index contributed by atoms with van der Waals surface area (Å²) >= 11 is 0. The number of piperidine rings is 1. The van der Waals surface area contributed by atoms with Crippen LogP contribution in [0.4, 0.5) is 23.5 Å². The number of nitrogens with zero attached hydrogens (tertiary/aromatic N) is 4. The second-order valence-electron chi connectivity index (χ2n) is 7.94. The van der Waals surface area contributed by atoms with Gasteiger partial charge in [-0.25, -0.2) is 35.5 Å². The standard InChI is InChI=1S/C12H6F4N4.C8H15NO3S/c13-6-2-8(15)7(14)1-5(6)10-3-9(16)11-4-18-12(17)19-20(10)11;10-7-2-1-5-9(6-7)13(11,12)8-3-4-8/h1-4H,(H2,17,19);7-8,10H,1-6H2. The summed E-state index contributed by atoms with van der Waals surface area (Å²) in [5.74, 6) is -4.53. The van der Waals surface area contributed by atoms with Crippen molar-refractivity contribution in [1.82, 2.24) is 18.9 Å². The zero-order valence-corrected chi connectivity index (χ0v) is 18.1. The molecule has 3 aromatic rings. The molecule has 1 saturated heterocycles. The highest BCUT2D eigenvalue weighted by Crippen LogP contribution is 2.32. The van der Waals surface area contributed by atoms with Crippen LogP contribution in [0.2, 0.25) is 0 Å². The number of nitrogens with two attached hydrogens (primary N) is 1. The summed E-state index contributed by atoms with van der Waals surface area (Å²) in [5, 5.41) is 12.9. The Morgan fingerprint density at radius 1 is 1.00 bits per heavy atom. The van der Waals surface area contributed by atoms with Gasteiger partial charge < -0.3 is 10.8 Å². The molecule has 1 aliphatic carbocycles. The average molecular weight is 487 g/mol. The first-order valence-corrected chi connectivity index (χ1v) is 11.7. The number of β-amino-alcohol motifs (C(OH)–C–C–N with tert-alkyl or cyclic N) is 1. The number of fused-ring (bicyclic) bond motifs is 1. The van der Waals surface area contributed by atoms with Gasteiger partial charge in [-0.15, -0.1) is 5.10 Å². The van der Waals surface area contributed by atoms with Gasteiger partial charge in [0, 0.05) is 30.8 Å². The van der Waals surface area contributed by atoms with Gasteiger partial charge in [-0.1, -0.05) is 0 Å². The normalized spacial score (nSPS) is 19.4. The molecule has 33 heavy (non-hydrogen) atoms. The van der Waals surface area contributed by atoms with Crippen LogP contribution < -0.4 is 5.73 Å². The number of hydrogen-bond donors (Lipinski definition) is 2. The van der Waals surface area contributed by atoms with E-state index in [1.165, 1.54) is 4.31 Å². The molecule has 3 heterocycles. The number of rotatable bonds is 3. The molecule has 1 atom stereocenters. The Bertz CT molecular complexity index is 1300. The lowest BCUT2D eigenvalue weighted by atomic mass is 10.1. The summed E-state index contributed by atoms with van der Waals surface area (Å²) < 4.78 is 79.4. The van der Waals surface area contributed by atoms with Crippen molar-refractivity contribution in [3.05, 3.63) is 47.7 Å². The number of benzene rings is 1. The van der Waals surface area contributed by atoms with Gasteiger partial charge in [0.1, 0.15) is 11.3 Å². The average Bonchev–Trinajstić information content (AvgIpc) is 3.57. The van der Waals surface area contributed by atoms with E-state index < -0.39 is 39.4 Å². The first-order valence-electron chi connectivity index (χ1n) is 10.2. The number of aromatic nitrogens is 3. The molecule has 13 heteroatoms. The van der Waals surface area contributed by atoms with Crippen LogP contribution >= 0.6 is 0 Å². The first-order chi connectivity index (χ1) is 15.6. The van der Waals surface area contributed by atoms with E-state index in [1.807, 2.05) is 0 Å². The Morgan fingerprint density at radius 3 is 2.36 bits per heavy atom. The lowest BCUT2D eigenvalue weighted by Crippen LogP contribution is -2.43. The topological polar surface area (TPSA) is 114 Å². The summed E-state index contributed by atoms with van der Waals surface area (Å²) in [6.45, 7) is 0.898. The van der Waals surface area contributed by atoms with Gasteiger partial charge in [-0.2, -0.15) is 4.31 Å². The van der Waals surface area contributed by atoms with Gasteiger partial charge in [0.05, 0.1) is 23.2 Å². The molecule has 8 nitrogen and oxygen atoms in total. The van der Waals surface area contributed by atoms with Crippen molar-refractivity contribution in [3.63, 3.8) is 0 Å². The molecule has 178 valence electrons. The molecule has 3 N–H and O–H groups in total.